The van der Waals surface area contributed by atoms with Crippen molar-refractivity contribution in [1.82, 2.24) is 9.88 Å². The summed E-state index contributed by atoms with van der Waals surface area (Å²) in [5.74, 6) is 1.80. The summed E-state index contributed by atoms with van der Waals surface area (Å²) in [5, 5.41) is 0. The molecule has 0 radical (unpaired) electrons. The molecule has 0 spiro atoms. The Bertz CT molecular complexity index is 695. The summed E-state index contributed by atoms with van der Waals surface area (Å²) in [7, 11) is 3.96. The highest BCUT2D eigenvalue weighted by Crippen LogP contribution is 2.35. The average Bonchev–Trinajstić information content (AvgIpc) is 2.51. The molecule has 2 aromatic rings. The quantitative estimate of drug-likeness (QED) is 0.726. The van der Waals surface area contributed by atoms with E-state index in [2.05, 4.69) is 11.1 Å². The Morgan fingerprint density at radius 1 is 1.27 bits per heavy atom. The molecule has 4 heteroatoms. The standard InChI is InChI=1S/C18H20N2O2/c1-20(2)9-7-16(21)11-13-5-6-17-15(10-13)12-14-4-3-8-19-18(14)22-17/h3-6,8,10H,7,9,11-12H2,1-2H3. The van der Waals surface area contributed by atoms with Crippen LogP contribution in [-0.4, -0.2) is 36.3 Å². The number of fused-ring (bicyclic) bond motifs is 2. The highest BCUT2D eigenvalue weighted by Gasteiger charge is 2.18. The van der Waals surface area contributed by atoms with Gasteiger partial charge in [0.15, 0.2) is 0 Å². The SMILES string of the molecule is CN(C)CCC(=O)Cc1ccc2c(c1)Cc1cccnc1O2. The third-order valence-electron chi connectivity index (χ3n) is 3.80. The molecule has 1 aliphatic rings. The van der Waals surface area contributed by atoms with Crippen molar-refractivity contribution in [3.8, 4) is 11.6 Å². The molecule has 1 aromatic carbocycles. The van der Waals surface area contributed by atoms with Gasteiger partial charge in [-0.25, -0.2) is 4.98 Å². The van der Waals surface area contributed by atoms with Crippen molar-refractivity contribution >= 4 is 5.78 Å². The van der Waals surface area contributed by atoms with Gasteiger partial charge < -0.3 is 9.64 Å². The zero-order valence-corrected chi connectivity index (χ0v) is 13.0. The minimum atomic E-state index is 0.271. The normalized spacial score (nSPS) is 12.5. The molecule has 0 saturated heterocycles. The van der Waals surface area contributed by atoms with E-state index in [-0.39, 0.29) is 5.78 Å². The van der Waals surface area contributed by atoms with Crippen molar-refractivity contribution in [3.05, 3.63) is 53.2 Å². The predicted molar refractivity (Wildman–Crippen MR) is 85.4 cm³/mol. The van der Waals surface area contributed by atoms with E-state index >= 15 is 0 Å². The number of carbonyl (C=O) groups is 1. The second-order valence-electron chi connectivity index (χ2n) is 5.96. The van der Waals surface area contributed by atoms with Crippen molar-refractivity contribution < 1.29 is 9.53 Å². The van der Waals surface area contributed by atoms with Crippen LogP contribution >= 0.6 is 0 Å². The molecule has 0 atom stereocenters. The lowest BCUT2D eigenvalue weighted by Gasteiger charge is -2.19. The first-order chi connectivity index (χ1) is 10.6. The van der Waals surface area contributed by atoms with E-state index in [1.807, 2.05) is 43.3 Å². The molecule has 0 saturated carbocycles. The number of ketones is 1. The van der Waals surface area contributed by atoms with Crippen LogP contribution in [0.15, 0.2) is 36.5 Å². The van der Waals surface area contributed by atoms with E-state index in [0.29, 0.717) is 18.7 Å². The molecule has 1 aliphatic heterocycles. The molecule has 4 nitrogen and oxygen atoms in total. The molecule has 0 unspecified atom stereocenters. The molecule has 0 N–H and O–H groups in total. The summed E-state index contributed by atoms with van der Waals surface area (Å²) in [5.41, 5.74) is 3.27. The predicted octanol–water partition coefficient (Wildman–Crippen LogP) is 2.84. The second-order valence-corrected chi connectivity index (χ2v) is 5.96. The van der Waals surface area contributed by atoms with E-state index in [0.717, 1.165) is 35.4 Å². The molecule has 22 heavy (non-hydrogen) atoms. The van der Waals surface area contributed by atoms with Crippen LogP contribution in [0.1, 0.15) is 23.1 Å². The van der Waals surface area contributed by atoms with Gasteiger partial charge in [0.05, 0.1) is 0 Å². The van der Waals surface area contributed by atoms with Gasteiger partial charge in [0, 0.05) is 37.6 Å². The number of benzene rings is 1. The van der Waals surface area contributed by atoms with Gasteiger partial charge in [-0.3, -0.25) is 4.79 Å². The number of aromatic nitrogens is 1. The van der Waals surface area contributed by atoms with Gasteiger partial charge in [0.25, 0.3) is 0 Å². The fourth-order valence-electron chi connectivity index (χ4n) is 2.60. The molecule has 0 aliphatic carbocycles. The number of Topliss-reactive ketones (excluding diaryl/α,β-unsaturated/α-hetero) is 1. The Hall–Kier alpha value is -2.20. The fourth-order valence-corrected chi connectivity index (χ4v) is 2.60. The van der Waals surface area contributed by atoms with E-state index in [1.165, 1.54) is 0 Å². The van der Waals surface area contributed by atoms with Gasteiger partial charge in [-0.15, -0.1) is 0 Å². The zero-order valence-electron chi connectivity index (χ0n) is 13.0. The summed E-state index contributed by atoms with van der Waals surface area (Å²) in [6.07, 6.45) is 3.62. The third kappa shape index (κ3) is 3.34. The summed E-state index contributed by atoms with van der Waals surface area (Å²) in [6.45, 7) is 0.798. The Balaban J connectivity index is 1.71. The van der Waals surface area contributed by atoms with Crippen LogP contribution in [0.2, 0.25) is 0 Å². The second kappa shape index (κ2) is 6.28. The molecular weight excluding hydrogens is 276 g/mol. The van der Waals surface area contributed by atoms with E-state index < -0.39 is 0 Å². The van der Waals surface area contributed by atoms with Gasteiger partial charge >= 0.3 is 0 Å². The lowest BCUT2D eigenvalue weighted by atomic mass is 9.98. The monoisotopic (exact) mass is 296 g/mol. The molecule has 0 fully saturated rings. The summed E-state index contributed by atoms with van der Waals surface area (Å²) in [4.78, 5) is 18.3. The van der Waals surface area contributed by atoms with Crippen LogP contribution in [0, 0.1) is 0 Å². The maximum absolute atomic E-state index is 12.0. The molecule has 0 amide bonds. The molecule has 114 valence electrons. The van der Waals surface area contributed by atoms with Crippen LogP contribution in [-0.2, 0) is 17.6 Å². The Kier molecular flexibility index (Phi) is 4.20. The Morgan fingerprint density at radius 3 is 2.95 bits per heavy atom. The fraction of sp³-hybridized carbons (Fsp3) is 0.333. The van der Waals surface area contributed by atoms with Crippen LogP contribution in [0.4, 0.5) is 0 Å². The Morgan fingerprint density at radius 2 is 2.14 bits per heavy atom. The smallest absolute Gasteiger partial charge is 0.222 e. The highest BCUT2D eigenvalue weighted by molar-refractivity contribution is 5.81. The summed E-state index contributed by atoms with van der Waals surface area (Å²) >= 11 is 0. The van der Waals surface area contributed by atoms with E-state index in [4.69, 9.17) is 4.74 Å². The Labute approximate surface area is 130 Å². The van der Waals surface area contributed by atoms with Crippen molar-refractivity contribution in [1.29, 1.82) is 0 Å². The van der Waals surface area contributed by atoms with Gasteiger partial charge in [-0.05, 0) is 37.4 Å². The number of pyridine rings is 1. The number of carbonyl (C=O) groups excluding carboxylic acids is 1. The van der Waals surface area contributed by atoms with E-state index in [1.54, 1.807) is 6.20 Å². The van der Waals surface area contributed by atoms with Crippen molar-refractivity contribution in [2.45, 2.75) is 19.3 Å². The first kappa shape index (κ1) is 14.7. The number of hydrogen-bond acceptors (Lipinski definition) is 4. The van der Waals surface area contributed by atoms with E-state index in [9.17, 15) is 4.79 Å². The number of nitrogens with zero attached hydrogens (tertiary/aromatic N) is 2. The summed E-state index contributed by atoms with van der Waals surface area (Å²) in [6, 6.07) is 9.95. The van der Waals surface area contributed by atoms with Crippen LogP contribution in [0.25, 0.3) is 0 Å². The van der Waals surface area contributed by atoms with Crippen LogP contribution < -0.4 is 4.74 Å². The van der Waals surface area contributed by atoms with Crippen molar-refractivity contribution in [2.75, 3.05) is 20.6 Å². The van der Waals surface area contributed by atoms with Gasteiger partial charge in [-0.1, -0.05) is 18.2 Å². The van der Waals surface area contributed by atoms with Crippen LogP contribution in [0.5, 0.6) is 11.6 Å². The molecule has 0 bridgehead atoms. The third-order valence-corrected chi connectivity index (χ3v) is 3.80. The largest absolute Gasteiger partial charge is 0.438 e. The first-order valence-corrected chi connectivity index (χ1v) is 7.52. The lowest BCUT2D eigenvalue weighted by molar-refractivity contribution is -0.118. The highest BCUT2D eigenvalue weighted by atomic mass is 16.5. The molecule has 3 rings (SSSR count). The average molecular weight is 296 g/mol. The van der Waals surface area contributed by atoms with Crippen molar-refractivity contribution in [3.63, 3.8) is 0 Å². The zero-order chi connectivity index (χ0) is 15.5. The minimum absolute atomic E-state index is 0.271. The first-order valence-electron chi connectivity index (χ1n) is 7.52. The lowest BCUT2D eigenvalue weighted by Crippen LogP contribution is -2.17. The molecule has 1 aromatic heterocycles. The molecular formula is C18H20N2O2. The number of rotatable bonds is 5. The number of hydrogen-bond donors (Lipinski definition) is 0. The minimum Gasteiger partial charge on any atom is -0.438 e. The van der Waals surface area contributed by atoms with Gasteiger partial charge in [0.2, 0.25) is 5.88 Å². The van der Waals surface area contributed by atoms with Gasteiger partial charge in [-0.2, -0.15) is 0 Å². The maximum Gasteiger partial charge on any atom is 0.222 e. The maximum atomic E-state index is 12.0. The number of ether oxygens (including phenoxy) is 1. The van der Waals surface area contributed by atoms with Crippen molar-refractivity contribution in [2.24, 2.45) is 0 Å². The van der Waals surface area contributed by atoms with Gasteiger partial charge in [0.1, 0.15) is 11.5 Å². The summed E-state index contributed by atoms with van der Waals surface area (Å²) < 4.78 is 5.81. The van der Waals surface area contributed by atoms with Crippen LogP contribution in [0.3, 0.4) is 0 Å². The topological polar surface area (TPSA) is 42.4 Å². The molecule has 2 heterocycles.